The molecule has 0 aliphatic carbocycles. The summed E-state index contributed by atoms with van der Waals surface area (Å²) < 4.78 is 10.3. The van der Waals surface area contributed by atoms with Gasteiger partial charge < -0.3 is 55.4 Å². The zero-order chi connectivity index (χ0) is 18.9. The van der Waals surface area contributed by atoms with Gasteiger partial charge in [-0.15, -0.1) is 0 Å². The first kappa shape index (κ1) is 23.6. The molecular formula is C13H28O11. The van der Waals surface area contributed by atoms with E-state index < -0.39 is 75.4 Å². The van der Waals surface area contributed by atoms with Crippen molar-refractivity contribution < 1.29 is 55.4 Å². The van der Waals surface area contributed by atoms with Crippen molar-refractivity contribution in [1.82, 2.24) is 0 Å². The highest BCUT2D eigenvalue weighted by molar-refractivity contribution is 4.83. The van der Waals surface area contributed by atoms with E-state index in [0.29, 0.717) is 0 Å². The molecule has 24 heavy (non-hydrogen) atoms. The third-order valence-corrected chi connectivity index (χ3v) is 3.30. The van der Waals surface area contributed by atoms with Gasteiger partial charge in [-0.3, -0.25) is 0 Å². The van der Waals surface area contributed by atoms with E-state index in [4.69, 9.17) is 29.9 Å². The van der Waals surface area contributed by atoms with Crippen LogP contribution in [0.15, 0.2) is 0 Å². The molecule has 0 aliphatic heterocycles. The zero-order valence-electron chi connectivity index (χ0n) is 13.3. The van der Waals surface area contributed by atoms with Crippen molar-refractivity contribution >= 4 is 0 Å². The lowest BCUT2D eigenvalue weighted by atomic mass is 10.0. The van der Waals surface area contributed by atoms with Crippen LogP contribution < -0.4 is 0 Å². The highest BCUT2D eigenvalue weighted by atomic mass is 16.7. The van der Waals surface area contributed by atoms with E-state index in [1.165, 1.54) is 6.92 Å². The maximum Gasteiger partial charge on any atom is 0.186 e. The minimum Gasteiger partial charge on any atom is -0.394 e. The molecule has 0 spiro atoms. The van der Waals surface area contributed by atoms with Gasteiger partial charge in [0.2, 0.25) is 0 Å². The Hall–Kier alpha value is -0.440. The van der Waals surface area contributed by atoms with Crippen molar-refractivity contribution in [3.8, 4) is 0 Å². The molecule has 146 valence electrons. The summed E-state index contributed by atoms with van der Waals surface area (Å²) in [6.45, 7) is -2.00. The molecule has 0 heterocycles. The molecule has 9 N–H and O–H groups in total. The fraction of sp³-hybridized carbons (Fsp3) is 1.00. The first-order chi connectivity index (χ1) is 11.2. The predicted molar refractivity (Wildman–Crippen MR) is 77.6 cm³/mol. The second kappa shape index (κ2) is 12.0. The highest BCUT2D eigenvalue weighted by Crippen LogP contribution is 2.17. The summed E-state index contributed by atoms with van der Waals surface area (Å²) in [5.41, 5.74) is 0. The zero-order valence-corrected chi connectivity index (χ0v) is 13.3. The largest absolute Gasteiger partial charge is 0.394 e. The van der Waals surface area contributed by atoms with Crippen molar-refractivity contribution in [3.05, 3.63) is 0 Å². The van der Waals surface area contributed by atoms with E-state index in [9.17, 15) is 25.5 Å². The van der Waals surface area contributed by atoms with E-state index in [1.807, 2.05) is 0 Å². The molecule has 0 aromatic heterocycles. The van der Waals surface area contributed by atoms with Gasteiger partial charge in [-0.2, -0.15) is 0 Å². The molecule has 0 aromatic rings. The second-order valence-corrected chi connectivity index (χ2v) is 5.31. The van der Waals surface area contributed by atoms with Crippen molar-refractivity contribution in [2.24, 2.45) is 0 Å². The van der Waals surface area contributed by atoms with E-state index in [0.717, 1.165) is 0 Å². The topological polar surface area (TPSA) is 201 Å². The fourth-order valence-electron chi connectivity index (χ4n) is 1.77. The van der Waals surface area contributed by atoms with Crippen LogP contribution in [0.2, 0.25) is 0 Å². The van der Waals surface area contributed by atoms with Crippen LogP contribution in [0.5, 0.6) is 0 Å². The third kappa shape index (κ3) is 7.21. The minimum atomic E-state index is -1.87. The van der Waals surface area contributed by atoms with Gasteiger partial charge in [0.25, 0.3) is 0 Å². The summed E-state index contributed by atoms with van der Waals surface area (Å²) in [6.07, 6.45) is -12.8. The van der Waals surface area contributed by atoms with Gasteiger partial charge in [-0.05, 0) is 6.92 Å². The number of hydrogen-bond donors (Lipinski definition) is 9. The normalized spacial score (nSPS) is 22.2. The number of aliphatic hydroxyl groups excluding tert-OH is 9. The molecule has 0 bridgehead atoms. The van der Waals surface area contributed by atoms with Crippen LogP contribution in [-0.2, 0) is 9.47 Å². The van der Waals surface area contributed by atoms with Crippen LogP contribution in [-0.4, -0.2) is 121 Å². The molecule has 0 saturated carbocycles. The molecule has 0 amide bonds. The second-order valence-electron chi connectivity index (χ2n) is 5.31. The smallest absolute Gasteiger partial charge is 0.186 e. The summed E-state index contributed by atoms with van der Waals surface area (Å²) in [7, 11) is 0. The lowest BCUT2D eigenvalue weighted by molar-refractivity contribution is -0.284. The van der Waals surface area contributed by atoms with Gasteiger partial charge in [0.05, 0.1) is 32.5 Å². The molecular weight excluding hydrogens is 332 g/mol. The molecule has 11 nitrogen and oxygen atoms in total. The Bertz CT molecular complexity index is 316. The molecule has 0 aliphatic rings. The molecule has 0 rings (SSSR count). The van der Waals surface area contributed by atoms with Crippen LogP contribution in [0.3, 0.4) is 0 Å². The van der Waals surface area contributed by atoms with Crippen molar-refractivity contribution in [2.45, 2.75) is 55.9 Å². The van der Waals surface area contributed by atoms with E-state index in [1.54, 1.807) is 0 Å². The SMILES string of the molecule is C[C@@H](O)C(CO)OC(O[C@@H]([C@H](O)[C@@H](O)CO)[C@H](O)CO)[C@@H](O)CO. The molecule has 2 unspecified atom stereocenters. The summed E-state index contributed by atoms with van der Waals surface area (Å²) in [4.78, 5) is 0. The van der Waals surface area contributed by atoms with Gasteiger partial charge in [0.1, 0.15) is 36.6 Å². The van der Waals surface area contributed by atoms with E-state index in [2.05, 4.69) is 0 Å². The molecule has 8 atom stereocenters. The Morgan fingerprint density at radius 1 is 0.667 bits per heavy atom. The number of aliphatic hydroxyl groups is 9. The van der Waals surface area contributed by atoms with Gasteiger partial charge in [0.15, 0.2) is 6.29 Å². The molecule has 0 saturated heterocycles. The quantitative estimate of drug-likeness (QED) is 0.142. The Morgan fingerprint density at radius 2 is 1.17 bits per heavy atom. The fourth-order valence-corrected chi connectivity index (χ4v) is 1.77. The van der Waals surface area contributed by atoms with Crippen molar-refractivity contribution in [3.63, 3.8) is 0 Å². The van der Waals surface area contributed by atoms with Gasteiger partial charge in [-0.25, -0.2) is 0 Å². The number of hydrogen-bond acceptors (Lipinski definition) is 11. The van der Waals surface area contributed by atoms with Crippen LogP contribution >= 0.6 is 0 Å². The van der Waals surface area contributed by atoms with Crippen LogP contribution in [0.1, 0.15) is 6.92 Å². The summed E-state index contributed by atoms with van der Waals surface area (Å²) in [6, 6.07) is 0. The van der Waals surface area contributed by atoms with E-state index in [-0.39, 0.29) is 0 Å². The third-order valence-electron chi connectivity index (χ3n) is 3.30. The summed E-state index contributed by atoms with van der Waals surface area (Å²) >= 11 is 0. The van der Waals surface area contributed by atoms with Crippen molar-refractivity contribution in [1.29, 1.82) is 0 Å². The molecule has 11 heteroatoms. The highest BCUT2D eigenvalue weighted by Gasteiger charge is 2.37. The van der Waals surface area contributed by atoms with Crippen molar-refractivity contribution in [2.75, 3.05) is 26.4 Å². The summed E-state index contributed by atoms with van der Waals surface area (Å²) in [5.74, 6) is 0. The van der Waals surface area contributed by atoms with Crippen LogP contribution in [0.4, 0.5) is 0 Å². The Kier molecular flexibility index (Phi) is 11.8. The lowest BCUT2D eigenvalue weighted by Crippen LogP contribution is -2.53. The Balaban J connectivity index is 5.28. The average Bonchev–Trinajstić information content (AvgIpc) is 2.58. The lowest BCUT2D eigenvalue weighted by Gasteiger charge is -2.35. The maximum atomic E-state index is 9.88. The van der Waals surface area contributed by atoms with E-state index >= 15 is 0 Å². The molecule has 0 fully saturated rings. The maximum absolute atomic E-state index is 9.88. The number of ether oxygens (including phenoxy) is 2. The van der Waals surface area contributed by atoms with Gasteiger partial charge >= 0.3 is 0 Å². The summed E-state index contributed by atoms with van der Waals surface area (Å²) in [5, 5.41) is 84.3. The van der Waals surface area contributed by atoms with Crippen LogP contribution in [0.25, 0.3) is 0 Å². The first-order valence-electron chi connectivity index (χ1n) is 7.38. The monoisotopic (exact) mass is 360 g/mol. The Morgan fingerprint density at radius 3 is 1.54 bits per heavy atom. The predicted octanol–water partition coefficient (Wildman–Crippen LogP) is -5.12. The number of rotatable bonds is 13. The minimum absolute atomic E-state index is 0.662. The Labute approximate surface area is 138 Å². The average molecular weight is 360 g/mol. The molecule has 0 aromatic carbocycles. The standard InChI is InChI=1S/C13H28O11/c1-6(18)10(5-17)23-13(9(21)4-16)24-12(8(20)3-15)11(22)7(19)2-14/h6-22H,2-5H2,1H3/t6-,7+,8-,9+,10?,11-,12-,13?/m1/s1. The van der Waals surface area contributed by atoms with Gasteiger partial charge in [-0.1, -0.05) is 0 Å². The first-order valence-corrected chi connectivity index (χ1v) is 7.38. The van der Waals surface area contributed by atoms with Crippen LogP contribution in [0, 0.1) is 0 Å². The molecule has 0 radical (unpaired) electrons. The van der Waals surface area contributed by atoms with Gasteiger partial charge in [0, 0.05) is 0 Å².